The zero-order valence-corrected chi connectivity index (χ0v) is 19.4. The van der Waals surface area contributed by atoms with Crippen molar-refractivity contribution in [3.05, 3.63) is 62.2 Å². The number of benzene rings is 2. The first-order valence-electron chi connectivity index (χ1n) is 10.3. The Morgan fingerprint density at radius 2 is 2.03 bits per heavy atom. The Morgan fingerprint density at radius 1 is 1.28 bits per heavy atom. The number of carbonyl (C=O) groups is 1. The van der Waals surface area contributed by atoms with Crippen molar-refractivity contribution in [3.8, 4) is 0 Å². The Balaban J connectivity index is 1.72. The smallest absolute Gasteiger partial charge is 0.270 e. The molecule has 1 amide bonds. The summed E-state index contributed by atoms with van der Waals surface area (Å²) in [4.78, 5) is 32.9. The molecule has 32 heavy (non-hydrogen) atoms. The van der Waals surface area contributed by atoms with Crippen molar-refractivity contribution in [1.82, 2.24) is 9.88 Å². The van der Waals surface area contributed by atoms with Gasteiger partial charge >= 0.3 is 0 Å². The number of ether oxygens (including phenoxy) is 1. The summed E-state index contributed by atoms with van der Waals surface area (Å²) in [7, 11) is 0. The van der Waals surface area contributed by atoms with Gasteiger partial charge in [-0.1, -0.05) is 29.0 Å². The van der Waals surface area contributed by atoms with Crippen molar-refractivity contribution in [2.45, 2.75) is 13.8 Å². The highest BCUT2D eigenvalue weighted by Gasteiger charge is 2.26. The van der Waals surface area contributed by atoms with E-state index in [1.807, 2.05) is 26.0 Å². The number of halogens is 1. The van der Waals surface area contributed by atoms with Gasteiger partial charge in [0.15, 0.2) is 5.13 Å². The third-order valence-corrected chi connectivity index (χ3v) is 7.06. The lowest BCUT2D eigenvalue weighted by Gasteiger charge is -2.29. The van der Waals surface area contributed by atoms with Crippen molar-refractivity contribution in [1.29, 1.82) is 0 Å². The molecule has 1 aliphatic heterocycles. The van der Waals surface area contributed by atoms with Gasteiger partial charge in [-0.2, -0.15) is 0 Å². The predicted molar refractivity (Wildman–Crippen MR) is 126 cm³/mol. The number of thiazole rings is 1. The predicted octanol–water partition coefficient (Wildman–Crippen LogP) is 4.45. The quantitative estimate of drug-likeness (QED) is 0.387. The number of non-ortho nitro benzene ring substituents is 1. The third kappa shape index (κ3) is 4.61. The van der Waals surface area contributed by atoms with Gasteiger partial charge in [-0.3, -0.25) is 24.7 Å². The molecule has 1 saturated heterocycles. The van der Waals surface area contributed by atoms with E-state index in [-0.39, 0.29) is 16.3 Å². The molecular weight excluding hydrogens is 452 g/mol. The van der Waals surface area contributed by atoms with Crippen LogP contribution in [0.25, 0.3) is 10.2 Å². The minimum atomic E-state index is -0.533. The van der Waals surface area contributed by atoms with Gasteiger partial charge in [0, 0.05) is 38.3 Å². The van der Waals surface area contributed by atoms with E-state index in [0.717, 1.165) is 34.4 Å². The van der Waals surface area contributed by atoms with Gasteiger partial charge in [0.2, 0.25) is 0 Å². The van der Waals surface area contributed by atoms with Crippen molar-refractivity contribution in [2.24, 2.45) is 0 Å². The maximum atomic E-state index is 13.6. The molecule has 0 atom stereocenters. The lowest BCUT2D eigenvalue weighted by molar-refractivity contribution is -0.384. The molecule has 0 radical (unpaired) electrons. The fourth-order valence-electron chi connectivity index (χ4n) is 3.62. The highest BCUT2D eigenvalue weighted by atomic mass is 35.5. The second kappa shape index (κ2) is 9.50. The number of aromatic nitrogens is 1. The molecule has 1 fully saturated rings. The molecule has 0 spiro atoms. The van der Waals surface area contributed by atoms with E-state index in [1.165, 1.54) is 29.5 Å². The number of nitro benzene ring substituents is 1. The van der Waals surface area contributed by atoms with Gasteiger partial charge in [0.25, 0.3) is 11.6 Å². The Morgan fingerprint density at radius 3 is 2.75 bits per heavy atom. The molecule has 2 heterocycles. The van der Waals surface area contributed by atoms with E-state index in [2.05, 4.69) is 4.90 Å². The maximum absolute atomic E-state index is 13.6. The molecule has 0 bridgehead atoms. The van der Waals surface area contributed by atoms with Gasteiger partial charge in [-0.15, -0.1) is 0 Å². The molecular formula is C22H23ClN4O4S. The number of hydrogen-bond donors (Lipinski definition) is 0. The number of carbonyl (C=O) groups excluding carboxylic acids is 1. The zero-order valence-electron chi connectivity index (χ0n) is 17.8. The number of amides is 1. The average molecular weight is 475 g/mol. The van der Waals surface area contributed by atoms with Crippen LogP contribution in [0.5, 0.6) is 0 Å². The lowest BCUT2D eigenvalue weighted by atomic mass is 10.1. The van der Waals surface area contributed by atoms with Crippen LogP contribution < -0.4 is 4.90 Å². The summed E-state index contributed by atoms with van der Waals surface area (Å²) in [6.45, 7) is 7.95. The topological polar surface area (TPSA) is 88.8 Å². The van der Waals surface area contributed by atoms with Crippen LogP contribution in [0.2, 0.25) is 5.02 Å². The van der Waals surface area contributed by atoms with Gasteiger partial charge in [-0.05, 0) is 37.1 Å². The summed E-state index contributed by atoms with van der Waals surface area (Å²) in [5.41, 5.74) is 2.97. The van der Waals surface area contributed by atoms with E-state index in [1.54, 1.807) is 4.90 Å². The first-order valence-corrected chi connectivity index (χ1v) is 11.5. The minimum Gasteiger partial charge on any atom is -0.379 e. The Labute approximate surface area is 194 Å². The van der Waals surface area contributed by atoms with Gasteiger partial charge in [0.05, 0.1) is 38.9 Å². The summed E-state index contributed by atoms with van der Waals surface area (Å²) in [6.07, 6.45) is 0. The van der Waals surface area contributed by atoms with E-state index in [4.69, 9.17) is 21.3 Å². The number of anilines is 1. The van der Waals surface area contributed by atoms with Crippen LogP contribution in [-0.2, 0) is 4.74 Å². The Kier molecular flexibility index (Phi) is 6.71. The fourth-order valence-corrected chi connectivity index (χ4v) is 4.86. The minimum absolute atomic E-state index is 0.0926. The van der Waals surface area contributed by atoms with Crippen LogP contribution in [0.1, 0.15) is 21.5 Å². The van der Waals surface area contributed by atoms with E-state index < -0.39 is 10.8 Å². The molecule has 3 aromatic rings. The summed E-state index contributed by atoms with van der Waals surface area (Å²) >= 11 is 7.71. The molecule has 0 unspecified atom stereocenters. The first kappa shape index (κ1) is 22.6. The largest absolute Gasteiger partial charge is 0.379 e. The average Bonchev–Trinajstić information content (AvgIpc) is 3.22. The maximum Gasteiger partial charge on any atom is 0.270 e. The van der Waals surface area contributed by atoms with Crippen molar-refractivity contribution >= 4 is 49.9 Å². The normalized spacial score (nSPS) is 14.6. The number of aryl methyl sites for hydroxylation is 2. The van der Waals surface area contributed by atoms with E-state index in [9.17, 15) is 14.9 Å². The van der Waals surface area contributed by atoms with Gasteiger partial charge in [0.1, 0.15) is 0 Å². The van der Waals surface area contributed by atoms with E-state index in [0.29, 0.717) is 31.4 Å². The number of fused-ring (bicyclic) bond motifs is 1. The number of morpholine rings is 1. The van der Waals surface area contributed by atoms with Crippen LogP contribution in [0.15, 0.2) is 30.3 Å². The second-order valence-corrected chi connectivity index (χ2v) is 9.10. The number of nitro groups is 1. The van der Waals surface area contributed by atoms with Crippen molar-refractivity contribution in [3.63, 3.8) is 0 Å². The monoisotopic (exact) mass is 474 g/mol. The van der Waals surface area contributed by atoms with Crippen molar-refractivity contribution in [2.75, 3.05) is 44.3 Å². The molecule has 0 aliphatic carbocycles. The van der Waals surface area contributed by atoms with Crippen LogP contribution >= 0.6 is 22.9 Å². The van der Waals surface area contributed by atoms with Crippen LogP contribution in [-0.4, -0.2) is 60.1 Å². The SMILES string of the molecule is Cc1ccc2sc(N(CCN3CCOCC3)C(=O)c3cc([N+](=O)[O-])ccc3Cl)nc2c1C. The molecule has 0 N–H and O–H groups in total. The molecule has 10 heteroatoms. The summed E-state index contributed by atoms with van der Waals surface area (Å²) in [6, 6.07) is 7.95. The summed E-state index contributed by atoms with van der Waals surface area (Å²) in [5.74, 6) is -0.402. The molecule has 8 nitrogen and oxygen atoms in total. The number of hydrogen-bond acceptors (Lipinski definition) is 7. The second-order valence-electron chi connectivity index (χ2n) is 7.68. The zero-order chi connectivity index (χ0) is 22.8. The molecule has 168 valence electrons. The number of rotatable bonds is 6. The molecule has 2 aromatic carbocycles. The third-order valence-electron chi connectivity index (χ3n) is 5.68. The highest BCUT2D eigenvalue weighted by molar-refractivity contribution is 7.22. The number of nitrogens with zero attached hydrogens (tertiary/aromatic N) is 4. The molecule has 1 aromatic heterocycles. The van der Waals surface area contributed by atoms with Crippen molar-refractivity contribution < 1.29 is 14.5 Å². The van der Waals surface area contributed by atoms with Gasteiger partial charge < -0.3 is 4.74 Å². The first-order chi connectivity index (χ1) is 15.3. The highest BCUT2D eigenvalue weighted by Crippen LogP contribution is 2.33. The molecule has 4 rings (SSSR count). The molecule has 1 aliphatic rings. The Bertz CT molecular complexity index is 1180. The summed E-state index contributed by atoms with van der Waals surface area (Å²) in [5, 5.41) is 12.0. The van der Waals surface area contributed by atoms with Crippen LogP contribution in [0, 0.1) is 24.0 Å². The molecule has 0 saturated carbocycles. The van der Waals surface area contributed by atoms with Crippen LogP contribution in [0.3, 0.4) is 0 Å². The fraction of sp³-hybridized carbons (Fsp3) is 0.364. The van der Waals surface area contributed by atoms with Gasteiger partial charge in [-0.25, -0.2) is 4.98 Å². The Hall–Kier alpha value is -2.59. The van der Waals surface area contributed by atoms with E-state index >= 15 is 0 Å². The lowest BCUT2D eigenvalue weighted by Crippen LogP contribution is -2.43. The van der Waals surface area contributed by atoms with Crippen LogP contribution in [0.4, 0.5) is 10.8 Å². The standard InChI is InChI=1S/C22H23ClN4O4S/c1-14-3-6-19-20(15(14)2)24-22(32-19)26(8-7-25-9-11-31-12-10-25)21(28)17-13-16(27(29)30)4-5-18(17)23/h3-6,13H,7-12H2,1-2H3. The summed E-state index contributed by atoms with van der Waals surface area (Å²) < 4.78 is 6.39.